The van der Waals surface area contributed by atoms with Gasteiger partial charge in [-0.25, -0.2) is 0 Å². The van der Waals surface area contributed by atoms with Crippen LogP contribution in [-0.2, 0) is 4.79 Å². The van der Waals surface area contributed by atoms with Gasteiger partial charge in [-0.1, -0.05) is 0 Å². The zero-order valence-electron chi connectivity index (χ0n) is 8.21. The molecule has 1 unspecified atom stereocenters. The minimum Gasteiger partial charge on any atom is -0.370 e. The number of nitrogens with two attached hydrogens (primary N) is 2. The van der Waals surface area contributed by atoms with E-state index in [9.17, 15) is 4.79 Å². The molecule has 0 aromatic heterocycles. The van der Waals surface area contributed by atoms with Gasteiger partial charge < -0.3 is 16.8 Å². The van der Waals surface area contributed by atoms with Crippen molar-refractivity contribution in [1.82, 2.24) is 5.32 Å². The summed E-state index contributed by atoms with van der Waals surface area (Å²) in [5.74, 6) is 0.246. The highest BCUT2D eigenvalue weighted by Crippen LogP contribution is 1.98. The van der Waals surface area contributed by atoms with Crippen LogP contribution in [0.25, 0.3) is 0 Å². The molecule has 0 aromatic carbocycles. The summed E-state index contributed by atoms with van der Waals surface area (Å²) in [7, 11) is 1.77. The third-order valence-electron chi connectivity index (χ3n) is 1.78. The summed E-state index contributed by atoms with van der Waals surface area (Å²) in [5, 5.41) is 2.93. The predicted octanol–water partition coefficient (Wildman–Crippen LogP) is -0.537. The first-order chi connectivity index (χ1) is 6.07. The molecule has 5 heteroatoms. The summed E-state index contributed by atoms with van der Waals surface area (Å²) < 4.78 is 0. The van der Waals surface area contributed by atoms with Crippen molar-refractivity contribution >= 4 is 11.7 Å². The van der Waals surface area contributed by atoms with Gasteiger partial charge in [-0.05, 0) is 26.8 Å². The van der Waals surface area contributed by atoms with Crippen molar-refractivity contribution in [2.45, 2.75) is 25.8 Å². The number of Topliss-reactive ketones (excluding diaryl/α,β-unsaturated/α-hetero) is 1. The molecule has 0 amide bonds. The molecule has 0 aromatic rings. The van der Waals surface area contributed by atoms with Gasteiger partial charge in [0.15, 0.2) is 5.96 Å². The maximum atomic E-state index is 11.0. The number of carbonyl (C=O) groups excluding carboxylic acids is 1. The van der Waals surface area contributed by atoms with Crippen LogP contribution in [0.3, 0.4) is 0 Å². The highest BCUT2D eigenvalue weighted by Gasteiger charge is 2.09. The molecule has 0 saturated carbocycles. The highest BCUT2D eigenvalue weighted by atomic mass is 16.1. The van der Waals surface area contributed by atoms with Crippen LogP contribution in [0.4, 0.5) is 0 Å². The molecule has 0 saturated heterocycles. The van der Waals surface area contributed by atoms with E-state index in [1.165, 1.54) is 0 Å². The molecule has 5 nitrogen and oxygen atoms in total. The fourth-order valence-electron chi connectivity index (χ4n) is 1.05. The highest BCUT2D eigenvalue weighted by molar-refractivity contribution is 5.81. The zero-order chi connectivity index (χ0) is 10.3. The molecular formula is C8H20N4O. The van der Waals surface area contributed by atoms with E-state index < -0.39 is 0 Å². The lowest BCUT2D eigenvalue weighted by Gasteiger charge is -2.10. The lowest BCUT2D eigenvalue weighted by Crippen LogP contribution is -2.32. The lowest BCUT2D eigenvalue weighted by atomic mass is 10.1. The fourth-order valence-corrected chi connectivity index (χ4v) is 1.05. The van der Waals surface area contributed by atoms with Crippen molar-refractivity contribution in [3.63, 3.8) is 0 Å². The minimum absolute atomic E-state index is 0. The molecular weight excluding hydrogens is 168 g/mol. The van der Waals surface area contributed by atoms with Crippen molar-refractivity contribution in [3.8, 4) is 0 Å². The summed E-state index contributed by atoms with van der Waals surface area (Å²) in [6.07, 6.45) is 1.58. The average molecular weight is 188 g/mol. The topological polar surface area (TPSA) is 93.5 Å². The number of nitrogens with zero attached hydrogens (tertiary/aromatic N) is 1. The molecule has 5 N–H and O–H groups in total. The second-order valence-electron chi connectivity index (χ2n) is 2.90. The van der Waals surface area contributed by atoms with E-state index in [2.05, 4.69) is 10.3 Å². The Hall–Kier alpha value is -1.10. The molecule has 0 rings (SSSR count). The van der Waals surface area contributed by atoms with Crippen molar-refractivity contribution in [2.75, 3.05) is 13.6 Å². The molecule has 0 spiro atoms. The van der Waals surface area contributed by atoms with Gasteiger partial charge >= 0.3 is 0 Å². The van der Waals surface area contributed by atoms with Gasteiger partial charge in [0.2, 0.25) is 0 Å². The largest absolute Gasteiger partial charge is 0.370 e. The van der Waals surface area contributed by atoms with Crippen LogP contribution in [0, 0.1) is 0 Å². The first-order valence-corrected chi connectivity index (χ1v) is 4.31. The monoisotopic (exact) mass is 188 g/mol. The van der Waals surface area contributed by atoms with E-state index in [1.54, 1.807) is 14.0 Å². The Morgan fingerprint density at radius 2 is 2.23 bits per heavy atom. The molecule has 0 radical (unpaired) electrons. The van der Waals surface area contributed by atoms with Crippen LogP contribution in [0.15, 0.2) is 4.99 Å². The number of hydrogen-bond donors (Lipinski definition) is 3. The SMILES string of the molecule is CNC(CCCN=C(N)N)C(C)=O.[HH]. The predicted molar refractivity (Wildman–Crippen MR) is 55.6 cm³/mol. The Labute approximate surface area is 80.1 Å². The Morgan fingerprint density at radius 1 is 1.62 bits per heavy atom. The fraction of sp³-hybridized carbons (Fsp3) is 0.750. The Balaban J connectivity index is 0. The number of aliphatic imine (C=N–C) groups is 1. The Kier molecular flexibility index (Phi) is 5.88. The molecule has 0 fully saturated rings. The van der Waals surface area contributed by atoms with Gasteiger partial charge in [0.05, 0.1) is 6.04 Å². The molecule has 0 aliphatic heterocycles. The molecule has 0 bridgehead atoms. The zero-order valence-corrected chi connectivity index (χ0v) is 8.21. The Morgan fingerprint density at radius 3 is 2.62 bits per heavy atom. The summed E-state index contributed by atoms with van der Waals surface area (Å²) in [6, 6.07) is -0.0748. The van der Waals surface area contributed by atoms with Crippen molar-refractivity contribution in [1.29, 1.82) is 0 Å². The number of nitrogens with one attached hydrogen (secondary N) is 1. The summed E-state index contributed by atoms with van der Waals surface area (Å²) in [4.78, 5) is 14.8. The molecule has 0 aliphatic carbocycles. The van der Waals surface area contributed by atoms with Gasteiger partial charge in [-0.3, -0.25) is 9.79 Å². The molecule has 0 heterocycles. The third kappa shape index (κ3) is 6.10. The average Bonchev–Trinajstić information content (AvgIpc) is 2.03. The smallest absolute Gasteiger partial charge is 0.185 e. The summed E-state index contributed by atoms with van der Waals surface area (Å²) >= 11 is 0. The van der Waals surface area contributed by atoms with Crippen LogP contribution < -0.4 is 16.8 Å². The third-order valence-corrected chi connectivity index (χ3v) is 1.78. The van der Waals surface area contributed by atoms with E-state index in [1.807, 2.05) is 0 Å². The molecule has 0 aliphatic rings. The van der Waals surface area contributed by atoms with E-state index in [0.29, 0.717) is 6.54 Å². The molecule has 78 valence electrons. The van der Waals surface area contributed by atoms with E-state index >= 15 is 0 Å². The van der Waals surface area contributed by atoms with Gasteiger partial charge in [-0.15, -0.1) is 0 Å². The van der Waals surface area contributed by atoms with Crippen molar-refractivity contribution in [3.05, 3.63) is 0 Å². The van der Waals surface area contributed by atoms with Gasteiger partial charge in [-0.2, -0.15) is 0 Å². The van der Waals surface area contributed by atoms with Crippen molar-refractivity contribution in [2.24, 2.45) is 16.5 Å². The second kappa shape index (κ2) is 6.42. The van der Waals surface area contributed by atoms with Crippen LogP contribution in [-0.4, -0.2) is 31.4 Å². The minimum atomic E-state index is -0.0748. The van der Waals surface area contributed by atoms with E-state index in [4.69, 9.17) is 11.5 Å². The first-order valence-electron chi connectivity index (χ1n) is 4.31. The number of hydrogen-bond acceptors (Lipinski definition) is 3. The molecule has 1 atom stereocenters. The lowest BCUT2D eigenvalue weighted by molar-refractivity contribution is -0.119. The van der Waals surface area contributed by atoms with Crippen LogP contribution in [0.5, 0.6) is 0 Å². The van der Waals surface area contributed by atoms with Crippen LogP contribution >= 0.6 is 0 Å². The van der Waals surface area contributed by atoms with Gasteiger partial charge in [0, 0.05) is 7.97 Å². The number of rotatable bonds is 6. The second-order valence-corrected chi connectivity index (χ2v) is 2.90. The number of carbonyl (C=O) groups is 1. The standard InChI is InChI=1S/C8H18N4O.H2/c1-6(13)7(11-2)4-3-5-12-8(9)10;/h7,11H,3-5H2,1-2H3,(H4,9,10,12);1H. The van der Waals surface area contributed by atoms with Crippen LogP contribution in [0.2, 0.25) is 0 Å². The normalized spacial score (nSPS) is 12.2. The van der Waals surface area contributed by atoms with Gasteiger partial charge in [0.1, 0.15) is 5.78 Å². The van der Waals surface area contributed by atoms with Crippen LogP contribution in [0.1, 0.15) is 21.2 Å². The number of ketones is 1. The number of likely N-dealkylation sites (N-methyl/N-ethyl adjacent to an activating group) is 1. The quantitative estimate of drug-likeness (QED) is 0.296. The Bertz CT molecular complexity index is 192. The van der Waals surface area contributed by atoms with E-state index in [-0.39, 0.29) is 19.2 Å². The maximum absolute atomic E-state index is 11.0. The number of guanidine groups is 1. The summed E-state index contributed by atoms with van der Waals surface area (Å²) in [5.41, 5.74) is 10.3. The van der Waals surface area contributed by atoms with Gasteiger partial charge in [0.25, 0.3) is 0 Å². The maximum Gasteiger partial charge on any atom is 0.185 e. The molecule has 13 heavy (non-hydrogen) atoms. The van der Waals surface area contributed by atoms with E-state index in [0.717, 1.165) is 12.8 Å². The van der Waals surface area contributed by atoms with Crippen molar-refractivity contribution < 1.29 is 6.22 Å². The summed E-state index contributed by atoms with van der Waals surface area (Å²) in [6.45, 7) is 2.15. The first kappa shape index (κ1) is 11.9.